The Morgan fingerprint density at radius 1 is 1.11 bits per heavy atom. The number of sulfonamides is 1. The van der Waals surface area contributed by atoms with E-state index in [1.54, 1.807) is 0 Å². The number of rotatable bonds is 4. The zero-order valence-electron chi connectivity index (χ0n) is 14.1. The monoisotopic (exact) mass is 432 g/mol. The molecule has 3 aromatic rings. The molecule has 0 aliphatic carbocycles. The Morgan fingerprint density at radius 3 is 2.21 bits per heavy atom. The second-order valence-electron chi connectivity index (χ2n) is 5.61. The first kappa shape index (κ1) is 20.2. The van der Waals surface area contributed by atoms with E-state index in [0.29, 0.717) is 5.75 Å². The number of benzene rings is 2. The van der Waals surface area contributed by atoms with E-state index >= 15 is 0 Å². The summed E-state index contributed by atoms with van der Waals surface area (Å²) in [5.41, 5.74) is 0.308. The maximum atomic E-state index is 13.1. The van der Waals surface area contributed by atoms with Crippen LogP contribution in [0.25, 0.3) is 22.6 Å². The van der Waals surface area contributed by atoms with Crippen molar-refractivity contribution in [1.29, 1.82) is 0 Å². The van der Waals surface area contributed by atoms with Crippen molar-refractivity contribution in [2.45, 2.75) is 11.1 Å². The molecule has 2 N–H and O–H groups in total. The van der Waals surface area contributed by atoms with E-state index in [0.717, 1.165) is 12.1 Å². The number of oxazole rings is 1. The Bertz CT molecular complexity index is 1130. The van der Waals surface area contributed by atoms with Crippen molar-refractivity contribution in [3.05, 3.63) is 53.4 Å². The summed E-state index contributed by atoms with van der Waals surface area (Å²) in [5.74, 6) is -1.29. The maximum absolute atomic E-state index is 13.1. The Balaban J connectivity index is 2.18. The lowest BCUT2D eigenvalue weighted by molar-refractivity contribution is -0.156. The molecule has 0 saturated carbocycles. The maximum Gasteiger partial charge on any atom is 0.468 e. The molecule has 2 aromatic carbocycles. The highest BCUT2D eigenvalue weighted by atomic mass is 35.5. The predicted octanol–water partition coefficient (Wildman–Crippen LogP) is 4.34. The molecule has 0 aliphatic rings. The van der Waals surface area contributed by atoms with Crippen LogP contribution in [-0.4, -0.2) is 20.5 Å². The van der Waals surface area contributed by atoms with Crippen LogP contribution in [0.3, 0.4) is 0 Å². The van der Waals surface area contributed by atoms with E-state index < -0.39 is 22.1 Å². The summed E-state index contributed by atoms with van der Waals surface area (Å²) < 4.78 is 72.1. The summed E-state index contributed by atoms with van der Waals surface area (Å²) >= 11 is 6.06. The molecule has 0 radical (unpaired) electrons. The van der Waals surface area contributed by atoms with Crippen molar-refractivity contribution >= 4 is 21.6 Å². The van der Waals surface area contributed by atoms with Gasteiger partial charge < -0.3 is 9.15 Å². The van der Waals surface area contributed by atoms with Gasteiger partial charge in [0.25, 0.3) is 0 Å². The lowest BCUT2D eigenvalue weighted by Gasteiger charge is -2.06. The fraction of sp³-hybridized carbons (Fsp3) is 0.118. The summed E-state index contributed by atoms with van der Waals surface area (Å²) in [6.07, 6.45) is -4.82. The molecule has 3 rings (SSSR count). The molecule has 1 aromatic heterocycles. The summed E-state index contributed by atoms with van der Waals surface area (Å²) in [6.45, 7) is 0. The molecule has 0 amide bonds. The van der Waals surface area contributed by atoms with Crippen LogP contribution in [0.1, 0.15) is 5.89 Å². The largest absolute Gasteiger partial charge is 0.495 e. The van der Waals surface area contributed by atoms with Crippen LogP contribution in [-0.2, 0) is 16.2 Å². The predicted molar refractivity (Wildman–Crippen MR) is 95.3 cm³/mol. The quantitative estimate of drug-likeness (QED) is 0.661. The topological polar surface area (TPSA) is 95.4 Å². The molecule has 1 heterocycles. The number of primary sulfonamides is 1. The van der Waals surface area contributed by atoms with Crippen molar-refractivity contribution in [2.24, 2.45) is 5.14 Å². The standard InChI is InChI=1S/C17H12ClF3N2O4S/c1-26-13-7-4-10(8-12(13)18)15-14(23-16(27-15)17(19,20)21)9-2-5-11(6-3-9)28(22,24)25/h2-8H,1H3,(H2,22,24,25). The summed E-state index contributed by atoms with van der Waals surface area (Å²) in [7, 11) is -2.55. The Hall–Kier alpha value is -2.56. The number of nitrogens with zero attached hydrogens (tertiary/aromatic N) is 1. The SMILES string of the molecule is COc1ccc(-c2oc(C(F)(F)F)nc2-c2ccc(S(N)(=O)=O)cc2)cc1Cl. The van der Waals surface area contributed by atoms with Gasteiger partial charge in [0.1, 0.15) is 11.4 Å². The fourth-order valence-corrected chi connectivity index (χ4v) is 3.22. The first-order valence-corrected chi connectivity index (χ1v) is 9.48. The van der Waals surface area contributed by atoms with E-state index in [4.69, 9.17) is 25.9 Å². The second kappa shape index (κ2) is 7.12. The molecule has 148 valence electrons. The van der Waals surface area contributed by atoms with Crippen molar-refractivity contribution in [3.63, 3.8) is 0 Å². The Kier molecular flexibility index (Phi) is 5.13. The fourth-order valence-electron chi connectivity index (χ4n) is 2.44. The number of aromatic nitrogens is 1. The lowest BCUT2D eigenvalue weighted by atomic mass is 10.1. The van der Waals surface area contributed by atoms with Gasteiger partial charge in [0, 0.05) is 11.1 Å². The van der Waals surface area contributed by atoms with Gasteiger partial charge >= 0.3 is 12.1 Å². The van der Waals surface area contributed by atoms with Crippen LogP contribution in [0.5, 0.6) is 5.75 Å². The highest BCUT2D eigenvalue weighted by Crippen LogP contribution is 2.40. The van der Waals surface area contributed by atoms with Crippen LogP contribution in [0.4, 0.5) is 13.2 Å². The average molecular weight is 433 g/mol. The zero-order chi connectivity index (χ0) is 20.7. The molecule has 0 atom stereocenters. The van der Waals surface area contributed by atoms with E-state index in [2.05, 4.69) is 4.98 Å². The number of hydrogen-bond acceptors (Lipinski definition) is 5. The van der Waals surface area contributed by atoms with Gasteiger partial charge in [0.05, 0.1) is 17.0 Å². The normalized spacial score (nSPS) is 12.2. The zero-order valence-corrected chi connectivity index (χ0v) is 15.7. The molecule has 6 nitrogen and oxygen atoms in total. The van der Waals surface area contributed by atoms with Gasteiger partial charge in [-0.2, -0.15) is 13.2 Å². The van der Waals surface area contributed by atoms with Crippen LogP contribution < -0.4 is 9.88 Å². The van der Waals surface area contributed by atoms with Gasteiger partial charge in [-0.05, 0) is 30.3 Å². The smallest absolute Gasteiger partial charge is 0.468 e. The van der Waals surface area contributed by atoms with Crippen LogP contribution in [0, 0.1) is 0 Å². The summed E-state index contributed by atoms with van der Waals surface area (Å²) in [4.78, 5) is 3.36. The average Bonchev–Trinajstić information content (AvgIpc) is 3.07. The molecule has 0 aliphatic heterocycles. The van der Waals surface area contributed by atoms with Crippen LogP contribution in [0.15, 0.2) is 51.8 Å². The number of methoxy groups -OCH3 is 1. The number of ether oxygens (including phenoxy) is 1. The molecule has 28 heavy (non-hydrogen) atoms. The van der Waals surface area contributed by atoms with Crippen molar-refractivity contribution < 1.29 is 30.7 Å². The van der Waals surface area contributed by atoms with Gasteiger partial charge in [-0.25, -0.2) is 18.5 Å². The summed E-state index contributed by atoms with van der Waals surface area (Å²) in [5, 5.41) is 5.20. The highest BCUT2D eigenvalue weighted by molar-refractivity contribution is 7.89. The first-order valence-electron chi connectivity index (χ1n) is 7.56. The molecular weight excluding hydrogens is 421 g/mol. The van der Waals surface area contributed by atoms with Gasteiger partial charge in [0.2, 0.25) is 10.0 Å². The van der Waals surface area contributed by atoms with Gasteiger partial charge in [-0.15, -0.1) is 0 Å². The number of halogens is 4. The van der Waals surface area contributed by atoms with E-state index in [9.17, 15) is 21.6 Å². The van der Waals surface area contributed by atoms with Crippen LogP contribution >= 0.6 is 11.6 Å². The third-order valence-corrected chi connectivity index (χ3v) is 4.96. The number of nitrogens with two attached hydrogens (primary N) is 1. The molecule has 11 heteroatoms. The van der Waals surface area contributed by atoms with Crippen molar-refractivity contribution in [3.8, 4) is 28.3 Å². The molecular formula is C17H12ClF3N2O4S. The third kappa shape index (κ3) is 3.98. The van der Waals surface area contributed by atoms with E-state index in [-0.39, 0.29) is 32.5 Å². The van der Waals surface area contributed by atoms with Crippen molar-refractivity contribution in [1.82, 2.24) is 4.98 Å². The van der Waals surface area contributed by atoms with Gasteiger partial charge in [-0.3, -0.25) is 0 Å². The first-order chi connectivity index (χ1) is 13.0. The second-order valence-corrected chi connectivity index (χ2v) is 7.58. The molecule has 0 fully saturated rings. The molecule has 0 saturated heterocycles. The molecule has 0 spiro atoms. The van der Waals surface area contributed by atoms with Crippen molar-refractivity contribution in [2.75, 3.05) is 7.11 Å². The van der Waals surface area contributed by atoms with Crippen LogP contribution in [0.2, 0.25) is 5.02 Å². The number of alkyl halides is 3. The van der Waals surface area contributed by atoms with E-state index in [1.807, 2.05) is 0 Å². The minimum atomic E-state index is -4.82. The highest BCUT2D eigenvalue weighted by Gasteiger charge is 2.39. The lowest BCUT2D eigenvalue weighted by Crippen LogP contribution is -2.11. The van der Waals surface area contributed by atoms with E-state index in [1.165, 1.54) is 37.4 Å². The summed E-state index contributed by atoms with van der Waals surface area (Å²) in [6, 6.07) is 9.21. The molecule has 0 bridgehead atoms. The minimum Gasteiger partial charge on any atom is -0.495 e. The van der Waals surface area contributed by atoms with Gasteiger partial charge in [0.15, 0.2) is 5.76 Å². The molecule has 0 unspecified atom stereocenters. The number of hydrogen-bond donors (Lipinski definition) is 1. The minimum absolute atomic E-state index is 0.130. The Labute approximate surface area is 162 Å². The Morgan fingerprint density at radius 2 is 1.71 bits per heavy atom. The van der Waals surface area contributed by atoms with Gasteiger partial charge in [-0.1, -0.05) is 23.7 Å². The third-order valence-electron chi connectivity index (χ3n) is 3.74.